The van der Waals surface area contributed by atoms with Gasteiger partial charge in [0.15, 0.2) is 11.6 Å². The molecule has 0 aromatic carbocycles. The second-order valence-corrected chi connectivity index (χ2v) is 25.3. The molecular formula is C26H32F4N4O17P4S2. The highest BCUT2D eigenvalue weighted by Crippen LogP contribution is 3.02. The van der Waals surface area contributed by atoms with Crippen molar-refractivity contribution >= 4 is 59.0 Å². The zero-order valence-electron chi connectivity index (χ0n) is 29.5. The number of hydrogen-bond donors (Lipinski definition) is 2. The summed E-state index contributed by atoms with van der Waals surface area (Å²) < 4.78 is 177. The third-order valence-electron chi connectivity index (χ3n) is 9.14. The van der Waals surface area contributed by atoms with Gasteiger partial charge in [-0.2, -0.15) is 17.6 Å². The van der Waals surface area contributed by atoms with Crippen molar-refractivity contribution < 1.29 is 95.9 Å². The molecule has 2 bridgehead atoms. The van der Waals surface area contributed by atoms with Gasteiger partial charge in [0, 0.05) is 10.8 Å². The van der Waals surface area contributed by atoms with E-state index in [1.54, 1.807) is 5.38 Å². The van der Waals surface area contributed by atoms with Crippen LogP contribution in [-0.2, 0) is 80.1 Å². The molecule has 0 spiro atoms. The number of nitrogens with two attached hydrogens (primary N) is 2. The number of nitrogens with zero attached hydrogens (tertiary/aromatic N) is 2. The Morgan fingerprint density at radius 3 is 1.61 bits per heavy atom. The molecule has 6 aliphatic rings. The molecule has 6 saturated heterocycles. The molecule has 0 radical (unpaired) electrons. The molecule has 8 rings (SSSR count). The van der Waals surface area contributed by atoms with Gasteiger partial charge < -0.3 is 43.2 Å². The molecule has 0 saturated carbocycles. The van der Waals surface area contributed by atoms with Gasteiger partial charge >= 0.3 is 41.2 Å². The van der Waals surface area contributed by atoms with Crippen LogP contribution in [0.4, 0.5) is 17.6 Å². The molecule has 2 aromatic rings. The zero-order chi connectivity index (χ0) is 41.4. The van der Waals surface area contributed by atoms with Crippen molar-refractivity contribution in [2.24, 2.45) is 11.6 Å². The maximum absolute atomic E-state index is 16.1. The molecule has 6 fully saturated rings. The molecule has 318 valence electrons. The summed E-state index contributed by atoms with van der Waals surface area (Å²) in [6, 6.07) is 0. The van der Waals surface area contributed by atoms with Crippen LogP contribution in [0.25, 0.3) is 0 Å². The zero-order valence-corrected chi connectivity index (χ0v) is 34.7. The Labute approximate surface area is 326 Å². The van der Waals surface area contributed by atoms with Crippen LogP contribution in [0, 0.1) is 0 Å². The maximum Gasteiger partial charge on any atom is 0.445 e. The summed E-state index contributed by atoms with van der Waals surface area (Å²) in [6.45, 7) is 3.56. The lowest BCUT2D eigenvalue weighted by molar-refractivity contribution is -0.190. The molecule has 0 aliphatic carbocycles. The lowest BCUT2D eigenvalue weighted by Crippen LogP contribution is -2.39. The summed E-state index contributed by atoms with van der Waals surface area (Å²) in [7, 11) is -26.7. The first-order valence-corrected chi connectivity index (χ1v) is 24.4. The molecule has 2 aromatic heterocycles. The topological polar surface area (TPSA) is 274 Å². The van der Waals surface area contributed by atoms with E-state index in [1.165, 1.54) is 33.1 Å². The first-order valence-electron chi connectivity index (χ1n) is 16.5. The quantitative estimate of drug-likeness (QED) is 0.155. The second-order valence-electron chi connectivity index (χ2n) is 14.1. The predicted molar refractivity (Wildman–Crippen MR) is 180 cm³/mol. The summed E-state index contributed by atoms with van der Waals surface area (Å²) in [6.07, 6.45) is -9.39. The van der Waals surface area contributed by atoms with E-state index in [4.69, 9.17) is 49.1 Å². The lowest BCUT2D eigenvalue weighted by Gasteiger charge is -2.45. The number of carbonyl (C=O) groups excluding carboxylic acids is 1. The minimum absolute atomic E-state index is 0.0691. The number of fused-ring (bicyclic) bond motifs is 4. The average Bonchev–Trinajstić information content (AvgIpc) is 3.94. The van der Waals surface area contributed by atoms with Gasteiger partial charge in [-0.3, -0.25) is 27.9 Å². The van der Waals surface area contributed by atoms with E-state index in [9.17, 15) is 23.1 Å². The van der Waals surface area contributed by atoms with Gasteiger partial charge in [-0.15, -0.1) is 22.7 Å². The number of alkyl halides is 4. The number of hydrogen-bond acceptors (Lipinski definition) is 22. The molecule has 21 nitrogen and oxygen atoms in total. The maximum atomic E-state index is 16.1. The molecule has 12 atom stereocenters. The van der Waals surface area contributed by atoms with E-state index in [0.717, 1.165) is 22.7 Å². The molecule has 57 heavy (non-hydrogen) atoms. The molecular weight excluding hydrogens is 904 g/mol. The summed E-state index contributed by atoms with van der Waals surface area (Å²) in [5, 5.41) is -7.68. The number of carbonyl (C=O) groups is 1. The SMILES string of the molecule is CC1(C)OC2C(O1)[C@H](c1nc(CON)cs1)O[C@@H]2COP1(=O)OP2(=O)OP(=O)(OP(=O)(OC[C@H]3O[C@@H](c4nc(C(N)=O)cs4)C4OC(C)(C)OC43)C2(F)F)C1(F)F. The number of ether oxygens (including phenoxy) is 6. The molecule has 31 heteroatoms. The van der Waals surface area contributed by atoms with Crippen molar-refractivity contribution in [1.29, 1.82) is 0 Å². The van der Waals surface area contributed by atoms with Gasteiger partial charge in [-0.05, 0) is 27.7 Å². The first kappa shape index (κ1) is 42.5. The summed E-state index contributed by atoms with van der Waals surface area (Å²) in [4.78, 5) is 24.6. The largest absolute Gasteiger partial charge is 0.445 e. The van der Waals surface area contributed by atoms with Gasteiger partial charge in [-0.1, -0.05) is 0 Å². The van der Waals surface area contributed by atoms with Gasteiger partial charge in [0.25, 0.3) is 5.91 Å². The minimum Gasteiger partial charge on any atom is -0.364 e. The van der Waals surface area contributed by atoms with E-state index in [0.29, 0.717) is 10.7 Å². The van der Waals surface area contributed by atoms with Gasteiger partial charge in [-0.25, -0.2) is 28.8 Å². The van der Waals surface area contributed by atoms with Crippen molar-refractivity contribution in [1.82, 2.24) is 9.97 Å². The Morgan fingerprint density at radius 2 is 1.18 bits per heavy atom. The lowest BCUT2D eigenvalue weighted by atomic mass is 10.1. The van der Waals surface area contributed by atoms with E-state index in [-0.39, 0.29) is 17.3 Å². The highest BCUT2D eigenvalue weighted by Gasteiger charge is 2.89. The van der Waals surface area contributed by atoms with E-state index < -0.39 is 121 Å². The van der Waals surface area contributed by atoms with E-state index in [1.807, 2.05) is 0 Å². The summed E-state index contributed by atoms with van der Waals surface area (Å²) in [5.74, 6) is 1.66. The molecule has 1 amide bonds. The van der Waals surface area contributed by atoms with Crippen molar-refractivity contribution in [3.05, 3.63) is 32.2 Å². The van der Waals surface area contributed by atoms with E-state index >= 15 is 17.6 Å². The fourth-order valence-corrected chi connectivity index (χ4v) is 21.1. The Kier molecular flexibility index (Phi) is 10.4. The standard InChI is InChI=1S/C26H32F4N4O17P4S2/c1-23(2)45-14-12(43-18(16(14)47-23)21-33-10(5-40-32)8-56-21)6-41-52(36)25(27,28)54(38)50-53(37,26(29,30)55(39,49-52)51-54)42-7-13-15-17(48-24(3,4)46-15)19(44-13)22-34-11(9-57-22)20(31)35/h8-9,12-19H,5-7,32H2,1-4H3,(H2,31,35)/t12-,13-,14?,15?,16?,17?,18-,19-,52?,53?,54?,55?/m1/s1. The van der Waals surface area contributed by atoms with Gasteiger partial charge in [0.05, 0.1) is 18.9 Å². The van der Waals surface area contributed by atoms with Crippen LogP contribution in [0.3, 0.4) is 0 Å². The fraction of sp³-hybridized carbons (Fsp3) is 0.731. The number of amides is 1. The highest BCUT2D eigenvalue weighted by molar-refractivity contribution is 7.93. The molecule has 6 aliphatic heterocycles. The number of thiazole rings is 2. The van der Waals surface area contributed by atoms with Crippen LogP contribution < -0.4 is 11.6 Å². The van der Waals surface area contributed by atoms with Crippen LogP contribution in [0.1, 0.15) is 66.1 Å². The summed E-state index contributed by atoms with van der Waals surface area (Å²) >= 11 is 2.02. The van der Waals surface area contributed by atoms with Crippen molar-refractivity contribution in [3.8, 4) is 0 Å². The molecule has 8 heterocycles. The number of aromatic nitrogens is 2. The van der Waals surface area contributed by atoms with Crippen LogP contribution in [0.2, 0.25) is 0 Å². The third kappa shape index (κ3) is 6.82. The Morgan fingerprint density at radius 1 is 0.737 bits per heavy atom. The Bertz CT molecular complexity index is 2160. The van der Waals surface area contributed by atoms with Crippen LogP contribution >= 0.6 is 53.1 Å². The monoisotopic (exact) mass is 936 g/mol. The van der Waals surface area contributed by atoms with Crippen LogP contribution in [0.5, 0.6) is 0 Å². The average molecular weight is 937 g/mol. The number of rotatable bonds is 11. The van der Waals surface area contributed by atoms with Gasteiger partial charge in [0.1, 0.15) is 71.1 Å². The fourth-order valence-electron chi connectivity index (χ4n) is 6.76. The van der Waals surface area contributed by atoms with Crippen molar-refractivity contribution in [2.75, 3.05) is 13.2 Å². The number of primary amides is 1. The normalized spacial score (nSPS) is 43.5. The number of halogens is 4. The molecule has 8 unspecified atom stereocenters. The third-order valence-corrected chi connectivity index (χ3v) is 22.7. The van der Waals surface area contributed by atoms with Crippen LogP contribution in [0.15, 0.2) is 10.8 Å². The highest BCUT2D eigenvalue weighted by atomic mass is 32.1. The first-order chi connectivity index (χ1) is 26.4. The van der Waals surface area contributed by atoms with Crippen molar-refractivity contribution in [2.45, 2.75) is 106 Å². The Balaban J connectivity index is 1.01. The summed E-state index contributed by atoms with van der Waals surface area (Å²) in [5.41, 5.74) is 5.55. The van der Waals surface area contributed by atoms with Crippen molar-refractivity contribution in [3.63, 3.8) is 0 Å². The molecule has 4 N–H and O–H groups in total. The van der Waals surface area contributed by atoms with Gasteiger partial charge in [0.2, 0.25) is 0 Å². The van der Waals surface area contributed by atoms with E-state index in [2.05, 4.69) is 27.7 Å². The van der Waals surface area contributed by atoms with Crippen LogP contribution in [-0.4, -0.2) is 88.1 Å². The minimum atomic E-state index is -6.75. The Hall–Kier alpha value is -1.15. The smallest absolute Gasteiger partial charge is 0.364 e. The predicted octanol–water partition coefficient (Wildman–Crippen LogP) is 5.69. The second kappa shape index (κ2) is 13.9.